The molecule has 12 heteroatoms. The van der Waals surface area contributed by atoms with Crippen LogP contribution in [0.2, 0.25) is 0 Å². The summed E-state index contributed by atoms with van der Waals surface area (Å²) in [5.41, 5.74) is 0.653. The average molecular weight is 759 g/mol. The first-order valence-corrected chi connectivity index (χ1v) is 18.6. The molecule has 55 heavy (non-hydrogen) atoms. The number of aromatic nitrogens is 2. The van der Waals surface area contributed by atoms with Gasteiger partial charge in [-0.05, 0) is 98.7 Å². The van der Waals surface area contributed by atoms with Crippen molar-refractivity contribution in [3.8, 4) is 17.2 Å². The summed E-state index contributed by atoms with van der Waals surface area (Å²) in [6.07, 6.45) is 11.3. The van der Waals surface area contributed by atoms with Crippen molar-refractivity contribution in [2.45, 2.75) is 57.7 Å². The molecular weight excluding hydrogens is 709 g/mol. The van der Waals surface area contributed by atoms with Crippen molar-refractivity contribution in [3.05, 3.63) is 125 Å². The number of methoxy groups -OCH3 is 3. The Bertz CT molecular complexity index is 2000. The normalized spacial score (nSPS) is 18.8. The van der Waals surface area contributed by atoms with E-state index in [-0.39, 0.29) is 24.7 Å². The molecule has 0 bridgehead atoms. The smallest absolute Gasteiger partial charge is 0.229 e. The summed E-state index contributed by atoms with van der Waals surface area (Å²) in [6.45, 7) is 4.73. The Hall–Kier alpha value is -5.07. The van der Waals surface area contributed by atoms with Gasteiger partial charge in [-0.1, -0.05) is 36.4 Å². The zero-order valence-electron chi connectivity index (χ0n) is 31.9. The van der Waals surface area contributed by atoms with Crippen molar-refractivity contribution in [1.29, 1.82) is 0 Å². The van der Waals surface area contributed by atoms with Gasteiger partial charge in [0.25, 0.3) is 0 Å². The molecule has 0 radical (unpaired) electrons. The maximum absolute atomic E-state index is 15.1. The maximum atomic E-state index is 15.1. The van der Waals surface area contributed by atoms with Gasteiger partial charge in [-0.15, -0.1) is 0 Å². The van der Waals surface area contributed by atoms with E-state index in [4.69, 9.17) is 19.2 Å². The zero-order chi connectivity index (χ0) is 39.2. The number of ether oxygens (including phenoxy) is 3. The van der Waals surface area contributed by atoms with Gasteiger partial charge in [0, 0.05) is 38.8 Å². The van der Waals surface area contributed by atoms with Crippen LogP contribution in [0.25, 0.3) is 6.08 Å². The van der Waals surface area contributed by atoms with Crippen LogP contribution in [0.4, 0.5) is 13.2 Å². The van der Waals surface area contributed by atoms with Gasteiger partial charge in [-0.25, -0.2) is 18.2 Å². The summed E-state index contributed by atoms with van der Waals surface area (Å²) < 4.78 is 61.3. The largest absolute Gasteiger partial charge is 0.493 e. The molecular formula is C43H49F3N4O5. The second-order valence-corrected chi connectivity index (χ2v) is 14.4. The lowest BCUT2D eigenvalue weighted by Crippen LogP contribution is -2.46. The molecule has 0 spiro atoms. The van der Waals surface area contributed by atoms with Crippen molar-refractivity contribution in [2.24, 2.45) is 5.41 Å². The molecule has 1 unspecified atom stereocenters. The van der Waals surface area contributed by atoms with Crippen LogP contribution in [0.15, 0.2) is 79.0 Å². The first-order valence-electron chi connectivity index (χ1n) is 18.6. The van der Waals surface area contributed by atoms with Crippen molar-refractivity contribution in [2.75, 3.05) is 47.5 Å². The molecule has 1 N–H and O–H groups in total. The van der Waals surface area contributed by atoms with Gasteiger partial charge in [0.15, 0.2) is 11.5 Å². The number of rotatable bonds is 15. The number of hydrogen-bond acceptors (Lipinski definition) is 7. The van der Waals surface area contributed by atoms with E-state index in [0.717, 1.165) is 22.9 Å². The van der Waals surface area contributed by atoms with E-state index in [0.29, 0.717) is 87.0 Å². The minimum absolute atomic E-state index is 0.0974. The second kappa shape index (κ2) is 17.2. The Balaban J connectivity index is 1.19. The fraction of sp³-hybridized carbons (Fsp3) is 0.395. The van der Waals surface area contributed by atoms with Crippen molar-refractivity contribution in [3.63, 3.8) is 0 Å². The fourth-order valence-electron chi connectivity index (χ4n) is 7.84. The number of amides is 1. The molecule has 0 aliphatic carbocycles. The molecule has 2 aliphatic rings. The third-order valence-electron chi connectivity index (χ3n) is 11.0. The predicted molar refractivity (Wildman–Crippen MR) is 204 cm³/mol. The number of hydrogen-bond donors (Lipinski definition) is 1. The van der Waals surface area contributed by atoms with Gasteiger partial charge in [0.05, 0.1) is 38.6 Å². The van der Waals surface area contributed by atoms with Crippen LogP contribution in [0.3, 0.4) is 0 Å². The first kappa shape index (κ1) is 39.6. The number of piperidine rings is 1. The number of carbonyl (C=O) groups excluding carboxylic acids is 1. The van der Waals surface area contributed by atoms with Gasteiger partial charge in [-0.3, -0.25) is 4.79 Å². The molecule has 1 atom stereocenters. The van der Waals surface area contributed by atoms with E-state index >= 15 is 4.39 Å². The Kier molecular flexibility index (Phi) is 12.4. The highest BCUT2D eigenvalue weighted by atomic mass is 19.1. The molecule has 2 fully saturated rings. The fourth-order valence-corrected chi connectivity index (χ4v) is 7.84. The molecule has 3 aromatic carbocycles. The zero-order valence-corrected chi connectivity index (χ0v) is 31.9. The van der Waals surface area contributed by atoms with Crippen LogP contribution in [0, 0.1) is 22.9 Å². The van der Waals surface area contributed by atoms with Gasteiger partial charge < -0.3 is 33.7 Å². The molecule has 2 aliphatic heterocycles. The standard InChI is InChI=1S/C43H49F3N4O5/c1-5-6-7-8-35-27-47-40(50(35)29-30-9-12-33(44)13-10-30)43(52)17-20-48(21-18-43)19-15-42(26-32-11-14-34(45)25-36(32)46)16-22-49(41(42)51)28-31-23-37(53-2)39(55-4)38(24-31)54-3/h5-14,23-25,27,52H,15-22,26,28-29H2,1-4H3. The highest BCUT2D eigenvalue weighted by Gasteiger charge is 2.47. The van der Waals surface area contributed by atoms with Crippen LogP contribution in [0.5, 0.6) is 17.2 Å². The second-order valence-electron chi connectivity index (χ2n) is 14.4. The third kappa shape index (κ3) is 8.76. The van der Waals surface area contributed by atoms with Crippen LogP contribution in [-0.2, 0) is 29.9 Å². The third-order valence-corrected chi connectivity index (χ3v) is 11.0. The first-order chi connectivity index (χ1) is 26.5. The van der Waals surface area contributed by atoms with Crippen LogP contribution >= 0.6 is 0 Å². The van der Waals surface area contributed by atoms with Gasteiger partial charge in [0.2, 0.25) is 11.7 Å². The molecule has 1 aromatic heterocycles. The van der Waals surface area contributed by atoms with Gasteiger partial charge >= 0.3 is 0 Å². The Labute approximate surface area is 320 Å². The molecule has 292 valence electrons. The van der Waals surface area contributed by atoms with E-state index in [2.05, 4.69) is 4.90 Å². The number of aliphatic hydroxyl groups is 1. The van der Waals surface area contributed by atoms with Gasteiger partial charge in [-0.2, -0.15) is 0 Å². The summed E-state index contributed by atoms with van der Waals surface area (Å²) in [6, 6.07) is 13.5. The van der Waals surface area contributed by atoms with Crippen molar-refractivity contribution < 1.29 is 37.3 Å². The van der Waals surface area contributed by atoms with E-state index < -0.39 is 22.7 Å². The molecule has 6 rings (SSSR count). The molecule has 2 saturated heterocycles. The molecule has 1 amide bonds. The summed E-state index contributed by atoms with van der Waals surface area (Å²) in [5.74, 6) is 0.207. The number of benzene rings is 3. The molecule has 0 saturated carbocycles. The minimum Gasteiger partial charge on any atom is -0.493 e. The van der Waals surface area contributed by atoms with Crippen LogP contribution < -0.4 is 14.2 Å². The number of nitrogens with zero attached hydrogens (tertiary/aromatic N) is 4. The van der Waals surface area contributed by atoms with Gasteiger partial charge in [0.1, 0.15) is 28.9 Å². The SMILES string of the molecule is CC=CC=Cc1cnc(C2(O)CCN(CCC3(Cc4ccc(F)cc4F)CCN(Cc4cc(OC)c(OC)c(OC)c4)C3=O)CC2)n1Cc1ccc(F)cc1. The predicted octanol–water partition coefficient (Wildman–Crippen LogP) is 7.30. The Morgan fingerprint density at radius 2 is 1.53 bits per heavy atom. The van der Waals surface area contributed by atoms with E-state index in [9.17, 15) is 18.7 Å². The molecule has 4 aromatic rings. The average Bonchev–Trinajstić information content (AvgIpc) is 3.73. The highest BCUT2D eigenvalue weighted by molar-refractivity contribution is 5.85. The quantitative estimate of drug-likeness (QED) is 0.127. The number of likely N-dealkylation sites (tertiary alicyclic amines) is 2. The lowest BCUT2D eigenvalue weighted by Gasteiger charge is -2.39. The summed E-state index contributed by atoms with van der Waals surface area (Å²) in [5, 5.41) is 12.1. The van der Waals surface area contributed by atoms with Crippen molar-refractivity contribution in [1.82, 2.24) is 19.4 Å². The lowest BCUT2D eigenvalue weighted by molar-refractivity contribution is -0.137. The number of imidazole rings is 1. The van der Waals surface area contributed by atoms with Crippen molar-refractivity contribution >= 4 is 12.0 Å². The molecule has 9 nitrogen and oxygen atoms in total. The maximum Gasteiger partial charge on any atom is 0.229 e. The topological polar surface area (TPSA) is 89.3 Å². The summed E-state index contributed by atoms with van der Waals surface area (Å²) >= 11 is 0. The Morgan fingerprint density at radius 1 is 0.836 bits per heavy atom. The van der Waals surface area contributed by atoms with Crippen LogP contribution in [-0.4, -0.2) is 77.9 Å². The van der Waals surface area contributed by atoms with E-state index in [1.54, 1.807) is 23.2 Å². The highest BCUT2D eigenvalue weighted by Crippen LogP contribution is 2.43. The minimum atomic E-state index is -1.21. The summed E-state index contributed by atoms with van der Waals surface area (Å²) in [4.78, 5) is 23.2. The van der Waals surface area contributed by atoms with Crippen LogP contribution in [0.1, 0.15) is 60.8 Å². The Morgan fingerprint density at radius 3 is 2.16 bits per heavy atom. The number of carbonyl (C=O) groups is 1. The lowest BCUT2D eigenvalue weighted by atomic mass is 9.76. The molecule has 3 heterocycles. The summed E-state index contributed by atoms with van der Waals surface area (Å²) in [7, 11) is 4.60. The monoisotopic (exact) mass is 758 g/mol. The number of halogens is 3. The number of allylic oxidation sites excluding steroid dienone is 3. The van der Waals surface area contributed by atoms with E-state index in [1.165, 1.54) is 45.6 Å². The van der Waals surface area contributed by atoms with E-state index in [1.807, 2.05) is 47.9 Å².